The zero-order valence-electron chi connectivity index (χ0n) is 18.7. The molecule has 6 rings (SSSR count). The molecule has 11 heteroatoms. The number of hydrogen-bond donors (Lipinski definition) is 3. The summed E-state index contributed by atoms with van der Waals surface area (Å²) in [5.41, 5.74) is 4.43. The average Bonchev–Trinajstić information content (AvgIpc) is 3.60. The van der Waals surface area contributed by atoms with Gasteiger partial charge >= 0.3 is 0 Å². The van der Waals surface area contributed by atoms with Crippen molar-refractivity contribution in [3.63, 3.8) is 0 Å². The lowest BCUT2D eigenvalue weighted by Gasteiger charge is -2.19. The van der Waals surface area contributed by atoms with Gasteiger partial charge in [0.25, 0.3) is 5.91 Å². The first kappa shape index (κ1) is 22.2. The Kier molecular flexibility index (Phi) is 5.39. The molecule has 0 fully saturated rings. The first-order valence-corrected chi connectivity index (χ1v) is 11.5. The monoisotopic (exact) mass is 503 g/mol. The minimum absolute atomic E-state index is 0.0463. The standard InChI is InChI=1S/C25H19ClFN7O2/c26-19-3-2-16(27)11-17(19)24-23-18(25(36)31-24)9-15(14-1-4-22-28-13-29-34(22)12-14)10-20(23)30-21-5-6-33(32-21)7-8-35/h1-6,9-13,24,35H,7-8H2,(H,30,32)(H,31,36). The number of aromatic nitrogens is 5. The number of rotatable bonds is 6. The van der Waals surface area contributed by atoms with Gasteiger partial charge in [0.15, 0.2) is 11.5 Å². The van der Waals surface area contributed by atoms with Crippen LogP contribution in [0.3, 0.4) is 0 Å². The fourth-order valence-corrected chi connectivity index (χ4v) is 4.68. The Labute approximate surface area is 209 Å². The summed E-state index contributed by atoms with van der Waals surface area (Å²) in [6.45, 7) is 0.300. The summed E-state index contributed by atoms with van der Waals surface area (Å²) in [5, 5.41) is 24.4. The van der Waals surface area contributed by atoms with E-state index >= 15 is 0 Å². The van der Waals surface area contributed by atoms with Gasteiger partial charge in [-0.15, -0.1) is 0 Å². The van der Waals surface area contributed by atoms with Gasteiger partial charge in [-0.3, -0.25) is 9.48 Å². The molecule has 1 atom stereocenters. The quantitative estimate of drug-likeness (QED) is 0.324. The number of carbonyl (C=O) groups is 1. The number of nitrogens with one attached hydrogen (secondary N) is 2. The van der Waals surface area contributed by atoms with Gasteiger partial charge in [-0.2, -0.15) is 10.2 Å². The van der Waals surface area contributed by atoms with Crippen LogP contribution in [0.4, 0.5) is 15.9 Å². The van der Waals surface area contributed by atoms with Gasteiger partial charge in [0.2, 0.25) is 0 Å². The van der Waals surface area contributed by atoms with Crippen LogP contribution in [0.1, 0.15) is 27.5 Å². The highest BCUT2D eigenvalue weighted by Gasteiger charge is 2.34. The molecule has 3 N–H and O–H groups in total. The number of benzene rings is 2. The lowest BCUT2D eigenvalue weighted by molar-refractivity contribution is 0.0960. The molecule has 3 aromatic heterocycles. The number of pyridine rings is 1. The Balaban J connectivity index is 1.51. The maximum atomic E-state index is 14.1. The average molecular weight is 504 g/mol. The molecule has 180 valence electrons. The van der Waals surface area contributed by atoms with Crippen molar-refractivity contribution >= 4 is 34.7 Å². The van der Waals surface area contributed by atoms with Gasteiger partial charge in [-0.05, 0) is 48.0 Å². The maximum absolute atomic E-state index is 14.1. The number of halogens is 2. The molecule has 0 bridgehead atoms. The van der Waals surface area contributed by atoms with E-state index in [1.54, 1.807) is 27.5 Å². The van der Waals surface area contributed by atoms with Crippen molar-refractivity contribution in [2.75, 3.05) is 11.9 Å². The van der Waals surface area contributed by atoms with Crippen LogP contribution in [-0.2, 0) is 6.54 Å². The Morgan fingerprint density at radius 2 is 2.03 bits per heavy atom. The molecule has 1 amide bonds. The number of carbonyl (C=O) groups excluding carboxylic acids is 1. The molecule has 0 spiro atoms. The fourth-order valence-electron chi connectivity index (χ4n) is 4.45. The Morgan fingerprint density at radius 1 is 1.14 bits per heavy atom. The van der Waals surface area contributed by atoms with Crippen LogP contribution in [0.2, 0.25) is 5.02 Å². The largest absolute Gasteiger partial charge is 0.394 e. The first-order chi connectivity index (χ1) is 17.5. The predicted octanol–water partition coefficient (Wildman–Crippen LogP) is 3.95. The summed E-state index contributed by atoms with van der Waals surface area (Å²) in [5.74, 6) is -0.224. The van der Waals surface area contributed by atoms with E-state index in [0.29, 0.717) is 45.4 Å². The van der Waals surface area contributed by atoms with Crippen LogP contribution < -0.4 is 10.6 Å². The second-order valence-corrected chi connectivity index (χ2v) is 8.76. The number of aliphatic hydroxyl groups is 1. The van der Waals surface area contributed by atoms with Crippen LogP contribution in [0.25, 0.3) is 16.8 Å². The molecule has 0 aliphatic carbocycles. The van der Waals surface area contributed by atoms with E-state index in [0.717, 1.165) is 11.1 Å². The third kappa shape index (κ3) is 3.86. The van der Waals surface area contributed by atoms with Gasteiger partial charge in [0.05, 0.1) is 19.2 Å². The van der Waals surface area contributed by atoms with E-state index in [9.17, 15) is 14.3 Å². The van der Waals surface area contributed by atoms with Crippen LogP contribution in [0.5, 0.6) is 0 Å². The topological polar surface area (TPSA) is 109 Å². The molecular weight excluding hydrogens is 485 g/mol. The van der Waals surface area contributed by atoms with Gasteiger partial charge in [-0.25, -0.2) is 13.9 Å². The molecule has 0 saturated carbocycles. The zero-order chi connectivity index (χ0) is 24.8. The van der Waals surface area contributed by atoms with E-state index in [4.69, 9.17) is 11.6 Å². The fraction of sp³-hybridized carbons (Fsp3) is 0.120. The summed E-state index contributed by atoms with van der Waals surface area (Å²) in [6.07, 6.45) is 5.04. The van der Waals surface area contributed by atoms with Gasteiger partial charge < -0.3 is 15.7 Å². The molecule has 1 aliphatic heterocycles. The van der Waals surface area contributed by atoms with Gasteiger partial charge in [0, 0.05) is 51.4 Å². The van der Waals surface area contributed by atoms with Crippen molar-refractivity contribution < 1.29 is 14.3 Å². The molecule has 0 radical (unpaired) electrons. The van der Waals surface area contributed by atoms with Crippen LogP contribution in [0.15, 0.2) is 67.3 Å². The van der Waals surface area contributed by atoms with Gasteiger partial charge in [0.1, 0.15) is 12.1 Å². The number of fused-ring (bicyclic) bond motifs is 2. The Morgan fingerprint density at radius 3 is 2.89 bits per heavy atom. The lowest BCUT2D eigenvalue weighted by atomic mass is 9.93. The van der Waals surface area contributed by atoms with Crippen molar-refractivity contribution in [3.05, 3.63) is 94.8 Å². The van der Waals surface area contributed by atoms with E-state index in [1.807, 2.05) is 24.4 Å². The smallest absolute Gasteiger partial charge is 0.252 e. The highest BCUT2D eigenvalue weighted by Crippen LogP contribution is 2.42. The molecule has 1 unspecified atom stereocenters. The molecule has 2 aromatic carbocycles. The van der Waals surface area contributed by atoms with Crippen molar-refractivity contribution in [2.24, 2.45) is 0 Å². The minimum Gasteiger partial charge on any atom is -0.394 e. The summed E-state index contributed by atoms with van der Waals surface area (Å²) < 4.78 is 17.4. The van der Waals surface area contributed by atoms with Crippen LogP contribution in [-0.4, -0.2) is 42.0 Å². The molecule has 4 heterocycles. The summed E-state index contributed by atoms with van der Waals surface area (Å²) in [6, 6.07) is 12.6. The summed E-state index contributed by atoms with van der Waals surface area (Å²) >= 11 is 6.42. The number of hydrogen-bond acceptors (Lipinski definition) is 6. The van der Waals surface area contributed by atoms with Gasteiger partial charge in [-0.1, -0.05) is 11.6 Å². The Bertz CT molecular complexity index is 1630. The molecule has 1 aliphatic rings. The molecule has 36 heavy (non-hydrogen) atoms. The molecule has 0 saturated heterocycles. The first-order valence-electron chi connectivity index (χ1n) is 11.1. The maximum Gasteiger partial charge on any atom is 0.252 e. The van der Waals surface area contributed by atoms with Crippen molar-refractivity contribution in [1.82, 2.24) is 29.7 Å². The highest BCUT2D eigenvalue weighted by molar-refractivity contribution is 6.31. The van der Waals surface area contributed by atoms with Crippen LogP contribution >= 0.6 is 11.6 Å². The SMILES string of the molecule is O=C1NC(c2cc(F)ccc2Cl)c2c(Nc3ccn(CCO)n3)cc(-c3ccc4ncnn4c3)cc21. The van der Waals surface area contributed by atoms with E-state index in [2.05, 4.69) is 25.8 Å². The number of aliphatic hydroxyl groups excluding tert-OH is 1. The van der Waals surface area contributed by atoms with E-state index in [-0.39, 0.29) is 12.5 Å². The molecule has 9 nitrogen and oxygen atoms in total. The van der Waals surface area contributed by atoms with Crippen molar-refractivity contribution in [1.29, 1.82) is 0 Å². The number of anilines is 2. The number of nitrogens with zero attached hydrogens (tertiary/aromatic N) is 5. The Hall–Kier alpha value is -4.28. The van der Waals surface area contributed by atoms with Crippen LogP contribution in [0, 0.1) is 5.82 Å². The number of amides is 1. The third-order valence-corrected chi connectivity index (χ3v) is 6.44. The van der Waals surface area contributed by atoms with Crippen molar-refractivity contribution in [3.8, 4) is 11.1 Å². The van der Waals surface area contributed by atoms with E-state index < -0.39 is 11.9 Å². The lowest BCUT2D eigenvalue weighted by Crippen LogP contribution is -2.20. The zero-order valence-corrected chi connectivity index (χ0v) is 19.4. The molecule has 5 aromatic rings. The van der Waals surface area contributed by atoms with Crippen molar-refractivity contribution in [2.45, 2.75) is 12.6 Å². The predicted molar refractivity (Wildman–Crippen MR) is 132 cm³/mol. The minimum atomic E-state index is -0.662. The van der Waals surface area contributed by atoms with E-state index in [1.165, 1.54) is 24.5 Å². The second-order valence-electron chi connectivity index (χ2n) is 8.35. The molecular formula is C25H19ClFN7O2. The summed E-state index contributed by atoms with van der Waals surface area (Å²) in [7, 11) is 0. The summed E-state index contributed by atoms with van der Waals surface area (Å²) in [4.78, 5) is 17.3. The highest BCUT2D eigenvalue weighted by atomic mass is 35.5. The second kappa shape index (κ2) is 8.74. The third-order valence-electron chi connectivity index (χ3n) is 6.10. The normalized spacial score (nSPS) is 14.8.